The summed E-state index contributed by atoms with van der Waals surface area (Å²) in [6, 6.07) is 0. The van der Waals surface area contributed by atoms with E-state index < -0.39 is 14.3 Å². The predicted molar refractivity (Wildman–Crippen MR) is 73.2 cm³/mol. The van der Waals surface area contributed by atoms with E-state index in [2.05, 4.69) is 56.5 Å². The van der Waals surface area contributed by atoms with Gasteiger partial charge in [0.2, 0.25) is 0 Å². The van der Waals surface area contributed by atoms with Crippen LogP contribution in [0.15, 0.2) is 0 Å². The SMILES string of the molecule is CC(C)(C)[Si](C)(C)O[C@@H](CI)CC(=O)O. The van der Waals surface area contributed by atoms with E-state index in [0.717, 1.165) is 4.43 Å². The van der Waals surface area contributed by atoms with Gasteiger partial charge in [0.25, 0.3) is 0 Å². The normalized spacial score (nSPS) is 15.1. The Morgan fingerprint density at radius 3 is 2.20 bits per heavy atom. The zero-order chi connectivity index (χ0) is 12.3. The van der Waals surface area contributed by atoms with Gasteiger partial charge in [-0.1, -0.05) is 43.4 Å². The molecule has 0 saturated heterocycles. The summed E-state index contributed by atoms with van der Waals surface area (Å²) in [6.07, 6.45) is -0.0425. The van der Waals surface area contributed by atoms with Crippen molar-refractivity contribution in [3.05, 3.63) is 0 Å². The van der Waals surface area contributed by atoms with Crippen LogP contribution >= 0.6 is 22.6 Å². The summed E-state index contributed by atoms with van der Waals surface area (Å²) in [5.74, 6) is -0.782. The standard InChI is InChI=1S/C10H21IO3Si/c1-10(2,3)15(4,5)14-8(7-11)6-9(12)13/h8H,6-7H2,1-5H3,(H,12,13)/t8-/m1/s1. The second-order valence-corrected chi connectivity index (χ2v) is 10.9. The molecule has 1 atom stereocenters. The first-order valence-corrected chi connectivity index (χ1v) is 9.49. The van der Waals surface area contributed by atoms with Gasteiger partial charge in [-0.15, -0.1) is 0 Å². The first-order valence-electron chi connectivity index (χ1n) is 5.05. The number of aliphatic carboxylic acids is 1. The Labute approximate surface area is 107 Å². The predicted octanol–water partition coefficient (Wildman–Crippen LogP) is 3.29. The largest absolute Gasteiger partial charge is 0.481 e. The number of hydrogen-bond donors (Lipinski definition) is 1. The molecule has 0 aromatic carbocycles. The highest BCUT2D eigenvalue weighted by Gasteiger charge is 2.39. The van der Waals surface area contributed by atoms with Gasteiger partial charge in [-0.05, 0) is 18.1 Å². The van der Waals surface area contributed by atoms with Crippen molar-refractivity contribution in [2.75, 3.05) is 4.43 Å². The lowest BCUT2D eigenvalue weighted by Gasteiger charge is -2.38. The summed E-state index contributed by atoms with van der Waals surface area (Å²) in [6.45, 7) is 10.8. The van der Waals surface area contributed by atoms with Gasteiger partial charge in [-0.3, -0.25) is 4.79 Å². The van der Waals surface area contributed by atoms with Gasteiger partial charge >= 0.3 is 5.97 Å². The third-order valence-electron chi connectivity index (χ3n) is 2.84. The fourth-order valence-corrected chi connectivity index (χ4v) is 3.10. The molecule has 0 saturated carbocycles. The Hall–Kier alpha value is 0.377. The van der Waals surface area contributed by atoms with Gasteiger partial charge in [0, 0.05) is 4.43 Å². The molecule has 0 aromatic rings. The van der Waals surface area contributed by atoms with E-state index in [0.29, 0.717) is 0 Å². The molecule has 1 N–H and O–H groups in total. The molecular weight excluding hydrogens is 323 g/mol. The molecule has 0 aromatic heterocycles. The maximum absolute atomic E-state index is 10.6. The Morgan fingerprint density at radius 2 is 1.93 bits per heavy atom. The minimum absolute atomic E-state index is 0.107. The van der Waals surface area contributed by atoms with Gasteiger partial charge < -0.3 is 9.53 Å². The zero-order valence-electron chi connectivity index (χ0n) is 10.1. The van der Waals surface area contributed by atoms with Crippen LogP contribution in [0.4, 0.5) is 0 Å². The Kier molecular flexibility index (Phi) is 5.77. The fraction of sp³-hybridized carbons (Fsp3) is 0.900. The molecule has 0 aliphatic heterocycles. The molecule has 5 heteroatoms. The second-order valence-electron chi connectivity index (χ2n) is 5.25. The lowest BCUT2D eigenvalue weighted by atomic mass is 10.2. The molecule has 0 rings (SSSR count). The first-order chi connectivity index (χ1) is 6.60. The van der Waals surface area contributed by atoms with Crippen molar-refractivity contribution in [3.63, 3.8) is 0 Å². The van der Waals surface area contributed by atoms with Gasteiger partial charge in [0.15, 0.2) is 8.32 Å². The Balaban J connectivity index is 4.47. The summed E-state index contributed by atoms with van der Waals surface area (Å²) >= 11 is 2.18. The summed E-state index contributed by atoms with van der Waals surface area (Å²) in [7, 11) is -1.82. The lowest BCUT2D eigenvalue weighted by Crippen LogP contribution is -2.44. The number of rotatable bonds is 5. The smallest absolute Gasteiger partial charge is 0.305 e. The van der Waals surface area contributed by atoms with Crippen LogP contribution in [0.3, 0.4) is 0 Å². The second kappa shape index (κ2) is 5.63. The van der Waals surface area contributed by atoms with Crippen LogP contribution in [0, 0.1) is 0 Å². The van der Waals surface area contributed by atoms with E-state index in [1.807, 2.05) is 0 Å². The first kappa shape index (κ1) is 15.4. The summed E-state index contributed by atoms with van der Waals surface area (Å²) < 4.78 is 6.75. The number of carboxylic acid groups (broad SMARTS) is 1. The number of halogens is 1. The van der Waals surface area contributed by atoms with Crippen LogP contribution in [0.5, 0.6) is 0 Å². The molecule has 0 spiro atoms. The molecule has 0 aliphatic rings. The van der Waals surface area contributed by atoms with Crippen LogP contribution in [-0.2, 0) is 9.22 Å². The number of carboxylic acids is 1. The van der Waals surface area contributed by atoms with Crippen molar-refractivity contribution in [1.29, 1.82) is 0 Å². The number of alkyl halides is 1. The van der Waals surface area contributed by atoms with E-state index in [1.54, 1.807) is 0 Å². The topological polar surface area (TPSA) is 46.5 Å². The van der Waals surface area contributed by atoms with Gasteiger partial charge in [0.1, 0.15) is 0 Å². The quantitative estimate of drug-likeness (QED) is 0.473. The highest BCUT2D eigenvalue weighted by Crippen LogP contribution is 2.37. The molecule has 15 heavy (non-hydrogen) atoms. The lowest BCUT2D eigenvalue weighted by molar-refractivity contribution is -0.138. The van der Waals surface area contributed by atoms with Gasteiger partial charge in [-0.2, -0.15) is 0 Å². The van der Waals surface area contributed by atoms with Crippen molar-refractivity contribution in [1.82, 2.24) is 0 Å². The van der Waals surface area contributed by atoms with Crippen LogP contribution < -0.4 is 0 Å². The van der Waals surface area contributed by atoms with Crippen LogP contribution in [0.2, 0.25) is 18.1 Å². The molecule has 0 unspecified atom stereocenters. The van der Waals surface area contributed by atoms with E-state index in [-0.39, 0.29) is 17.6 Å². The molecule has 0 fully saturated rings. The minimum atomic E-state index is -1.82. The van der Waals surface area contributed by atoms with Crippen molar-refractivity contribution < 1.29 is 14.3 Å². The van der Waals surface area contributed by atoms with E-state index in [1.165, 1.54) is 0 Å². The average molecular weight is 344 g/mol. The summed E-state index contributed by atoms with van der Waals surface area (Å²) in [5.41, 5.74) is 0. The van der Waals surface area contributed by atoms with Crippen molar-refractivity contribution in [2.24, 2.45) is 0 Å². The fourth-order valence-electron chi connectivity index (χ4n) is 0.916. The minimum Gasteiger partial charge on any atom is -0.481 e. The maximum Gasteiger partial charge on any atom is 0.305 e. The van der Waals surface area contributed by atoms with E-state index in [4.69, 9.17) is 9.53 Å². The van der Waals surface area contributed by atoms with Crippen LogP contribution in [-0.4, -0.2) is 29.9 Å². The maximum atomic E-state index is 10.6. The Bertz CT molecular complexity index is 223. The molecule has 0 heterocycles. The summed E-state index contributed by atoms with van der Waals surface area (Å²) in [4.78, 5) is 10.6. The number of carbonyl (C=O) groups is 1. The van der Waals surface area contributed by atoms with Gasteiger partial charge in [0.05, 0.1) is 12.5 Å². The van der Waals surface area contributed by atoms with Gasteiger partial charge in [-0.25, -0.2) is 0 Å². The highest BCUT2D eigenvalue weighted by molar-refractivity contribution is 14.1. The zero-order valence-corrected chi connectivity index (χ0v) is 13.3. The van der Waals surface area contributed by atoms with Crippen molar-refractivity contribution in [3.8, 4) is 0 Å². The van der Waals surface area contributed by atoms with Crippen molar-refractivity contribution >= 4 is 36.9 Å². The highest BCUT2D eigenvalue weighted by atomic mass is 127. The molecule has 90 valence electrons. The molecule has 0 bridgehead atoms. The van der Waals surface area contributed by atoms with Crippen molar-refractivity contribution in [2.45, 2.75) is 51.4 Å². The summed E-state index contributed by atoms with van der Waals surface area (Å²) in [5, 5.41) is 8.88. The van der Waals surface area contributed by atoms with Crippen LogP contribution in [0.25, 0.3) is 0 Å². The van der Waals surface area contributed by atoms with Crippen LogP contribution in [0.1, 0.15) is 27.2 Å². The Morgan fingerprint density at radius 1 is 1.47 bits per heavy atom. The third kappa shape index (κ3) is 5.30. The van der Waals surface area contributed by atoms with E-state index >= 15 is 0 Å². The average Bonchev–Trinajstić information content (AvgIpc) is 1.99. The molecular formula is C10H21IO3Si. The van der Waals surface area contributed by atoms with E-state index in [9.17, 15) is 4.79 Å². The number of hydrogen-bond acceptors (Lipinski definition) is 2. The molecule has 0 radical (unpaired) electrons. The molecule has 3 nitrogen and oxygen atoms in total. The molecule has 0 amide bonds. The third-order valence-corrected chi connectivity index (χ3v) is 8.36. The molecule has 0 aliphatic carbocycles. The monoisotopic (exact) mass is 344 g/mol.